The van der Waals surface area contributed by atoms with Crippen LogP contribution in [0.1, 0.15) is 211 Å². The van der Waals surface area contributed by atoms with Crippen LogP contribution < -0.4 is 16.0 Å². The molecule has 6 aliphatic rings. The van der Waals surface area contributed by atoms with Crippen molar-refractivity contribution in [1.29, 1.82) is 0 Å². The van der Waals surface area contributed by atoms with E-state index in [0.717, 1.165) is 25.6 Å². The number of thioether (sulfide) groups is 3. The Kier molecular flexibility index (Phi) is 12.9. The van der Waals surface area contributed by atoms with Gasteiger partial charge in [0.05, 0.1) is 117 Å². The molecule has 6 saturated carbocycles. The summed E-state index contributed by atoms with van der Waals surface area (Å²) in [4.78, 5) is 24.6. The van der Waals surface area contributed by atoms with Crippen LogP contribution in [0.25, 0.3) is 33.5 Å². The zero-order valence-corrected chi connectivity index (χ0v) is 58.9. The Balaban J connectivity index is 0.000000192. The van der Waals surface area contributed by atoms with E-state index in [-0.39, 0.29) is 83.4 Å². The predicted octanol–water partition coefficient (Wildman–Crippen LogP) is 6.55. The van der Waals surface area contributed by atoms with Gasteiger partial charge in [0.15, 0.2) is 66.4 Å². The maximum atomic E-state index is 14.8. The lowest BCUT2D eigenvalue weighted by Gasteiger charge is -2.17. The number of hydrogen-bond donors (Lipinski definition) is 12. The van der Waals surface area contributed by atoms with Crippen LogP contribution >= 0.6 is 35.3 Å². The molecule has 6 aromatic heterocycles. The molecule has 0 bridgehead atoms. The number of benzene rings is 3. The molecule has 0 radical (unpaired) electrons. The van der Waals surface area contributed by atoms with Gasteiger partial charge in [0, 0.05) is 94.0 Å². The molecule has 0 aliphatic heterocycles. The molecular weight excluding hydrogens is 1460 g/mol. The van der Waals surface area contributed by atoms with Gasteiger partial charge in [-0.15, -0.1) is 15.3 Å². The van der Waals surface area contributed by atoms with Crippen molar-refractivity contribution < 1.29 is 136 Å². The van der Waals surface area contributed by atoms with E-state index in [4.69, 9.17) is 67.8 Å². The number of rotatable bonds is 30. The molecule has 0 spiro atoms. The number of halogens is 3. The number of nitrogens with zero attached hydrogens (tertiary/aromatic N) is 15. The van der Waals surface area contributed by atoms with Crippen LogP contribution in [-0.2, 0) is 14.2 Å². The molecule has 36 heteroatoms. The van der Waals surface area contributed by atoms with Gasteiger partial charge in [0.1, 0.15) is 53.9 Å². The molecule has 6 heterocycles. The zero-order chi connectivity index (χ0) is 118. The number of aromatic nitrogens is 15. The largest absolute Gasteiger partial charge is 0.394 e. The van der Waals surface area contributed by atoms with Crippen molar-refractivity contribution in [1.82, 2.24) is 74.9 Å². The number of hydrogen-bond acceptors (Lipinski definition) is 30. The van der Waals surface area contributed by atoms with Gasteiger partial charge in [-0.1, -0.05) is 108 Å². The fourth-order valence-corrected chi connectivity index (χ4v) is 11.5. The number of aliphatic hydroxyl groups is 9. The van der Waals surface area contributed by atoms with Crippen molar-refractivity contribution in [3.05, 3.63) is 105 Å². The van der Waals surface area contributed by atoms with E-state index in [1.165, 1.54) is 20.8 Å². The summed E-state index contributed by atoms with van der Waals surface area (Å²) in [6.45, 7) is -7.66. The lowest BCUT2D eigenvalue weighted by atomic mass is 10.1. The van der Waals surface area contributed by atoms with Crippen LogP contribution in [0.4, 0.5) is 30.6 Å². The van der Waals surface area contributed by atoms with E-state index < -0.39 is 336 Å². The Morgan fingerprint density at radius 1 is 0.500 bits per heavy atom. The SMILES string of the molecule is [2H]c1c([2H])c([C@@H]2C([2H])([2H])[C@@]2([2H])Nc2nc(SCCC)nc3c2nnn3[C@]2([2H])C([2H])([2H])[C@]([2H])(OCCO)[C@@]([2H])(O)[C@@]2([2H])O)c([2H])c(F)c1C.[2H]c1c([2H])c([C@@H]2C[C@@]2([2H])Nc2nc(SC([2H])([2H])C([2H])([2H])C)nc3c2nnn3[C@]2([2H])C([2H])([2H])[C@]([2H])(OC([2H])([2H])C([2H])([2H])O)[C@@]([2H])(O)[C@@]2([2H])O)c([2H])c(F)c1C.[2H]c1c([2H])c([C@@H]2C[C@@]2([2H])Nc2nc(SC([2H])([2H])C([2H])([2H])C)nc3c2nnn3[C@]2([2H])C([2H])([2H])[C@]([2H])(OC([2H])([2H])CO)[C@@]([2H])(O)[C@@]2([2H])O)c([2H])c(F)c1C. The van der Waals surface area contributed by atoms with Crippen molar-refractivity contribution in [3.63, 3.8) is 0 Å². The molecule has 6 aliphatic carbocycles. The van der Waals surface area contributed by atoms with E-state index >= 15 is 0 Å². The summed E-state index contributed by atoms with van der Waals surface area (Å²) in [5, 5.41) is 123. The first kappa shape index (κ1) is 39.9. The van der Waals surface area contributed by atoms with Gasteiger partial charge in [-0.25, -0.2) is 57.1 Å². The average molecular weight is 1600 g/mol. The highest BCUT2D eigenvalue weighted by molar-refractivity contribution is 7.99. The Hall–Kier alpha value is -7.14. The summed E-state index contributed by atoms with van der Waals surface area (Å²) < 4.78 is 442. The second-order valence-electron chi connectivity index (χ2n) is 22.7. The number of aliphatic hydroxyl groups excluding tert-OH is 2. The molecule has 3 aromatic carbocycles. The average Bonchev–Trinajstić information content (AvgIpc) is 1.63. The van der Waals surface area contributed by atoms with E-state index in [2.05, 4.69) is 86.3 Å². The second kappa shape index (κ2) is 35.1. The number of anilines is 3. The molecule has 18 atom stereocenters. The molecule has 12 N–H and O–H groups in total. The van der Waals surface area contributed by atoms with E-state index in [0.29, 0.717) is 12.2 Å². The van der Waals surface area contributed by atoms with Gasteiger partial charge < -0.3 is 76.1 Å². The van der Waals surface area contributed by atoms with Crippen LogP contribution in [0.15, 0.2) is 69.9 Å². The van der Waals surface area contributed by atoms with Crippen molar-refractivity contribution >= 4 is 86.2 Å². The summed E-state index contributed by atoms with van der Waals surface area (Å²) in [5.41, 5.74) is -12.0. The fraction of sp³-hybridized carbons (Fsp3) is 0.583. The highest BCUT2D eigenvalue weighted by Gasteiger charge is 2.49. The van der Waals surface area contributed by atoms with Crippen LogP contribution in [-0.4, -0.2) is 250 Å². The smallest absolute Gasteiger partial charge is 0.191 e. The van der Waals surface area contributed by atoms with Gasteiger partial charge in [-0.05, 0) is 111 Å². The minimum absolute atomic E-state index is 0.000559. The third-order valence-corrected chi connectivity index (χ3v) is 17.8. The van der Waals surface area contributed by atoms with Crippen LogP contribution in [0.3, 0.4) is 0 Å². The lowest BCUT2D eigenvalue weighted by Crippen LogP contribution is -2.33. The summed E-state index contributed by atoms with van der Waals surface area (Å²) in [6.07, 6.45) is -56.9. The first-order chi connectivity index (χ1) is 69.3. The molecule has 15 rings (SSSR count). The summed E-state index contributed by atoms with van der Waals surface area (Å²) in [6, 6.07) is -23.8. The predicted molar refractivity (Wildman–Crippen MR) is 398 cm³/mol. The van der Waals surface area contributed by atoms with Crippen molar-refractivity contribution in [2.24, 2.45) is 0 Å². The van der Waals surface area contributed by atoms with Crippen molar-refractivity contribution in [2.75, 3.05) is 72.6 Å². The zero-order valence-electron chi connectivity index (χ0n) is 102. The third kappa shape index (κ3) is 17.5. The summed E-state index contributed by atoms with van der Waals surface area (Å²) in [5.74, 6) is -8.59. The van der Waals surface area contributed by atoms with Gasteiger partial charge >= 0.3 is 0 Å². The minimum Gasteiger partial charge on any atom is -0.394 e. The normalized spacial score (nSPS) is 46.8. The van der Waals surface area contributed by atoms with Gasteiger partial charge in [0.25, 0.3) is 0 Å². The Bertz CT molecular complexity index is 7030. The van der Waals surface area contributed by atoms with Gasteiger partial charge in [-0.3, -0.25) is 0 Å². The number of ether oxygens (including phenoxy) is 3. The molecule has 9 aromatic rings. The number of fused-ring (bicyclic) bond motifs is 3. The molecule has 582 valence electrons. The lowest BCUT2D eigenvalue weighted by molar-refractivity contribution is -0.0629. The van der Waals surface area contributed by atoms with Gasteiger partial charge in [0.2, 0.25) is 0 Å². The second-order valence-corrected chi connectivity index (χ2v) is 25.4. The standard InChI is InChI=1S/3C24H31FN6O4S/c3*1-3-8-36-24-27-22(26-16-10-14(16)13-5-4-12(2)15(25)9-13)19-23(28-24)31(30-29-19)17-11-18(35-7-6-32)21(34)20(17)33/h3*4-5,9,14,16-18,20-21,32-34H,3,6-8,10-11H2,1-2H3,(H,26,27,28)/t3*14-,16+,17+,18-,20-,21+/m000/s1/i3D2,4D,5D,6D2,7D2,8D2,9D,11D2,16D,17D,18D,20D,21D;3D2,4D,5D,7D2,8D2,9D,11D2,16D,17D,18D,20D,21D;4D,5D,9D,10D2,11D2,16D,17D,18D,20D,21D. The van der Waals surface area contributed by atoms with E-state index in [1.807, 2.05) is 6.92 Å². The van der Waals surface area contributed by atoms with E-state index in [9.17, 15) is 59.1 Å². The van der Waals surface area contributed by atoms with E-state index in [1.54, 1.807) is 0 Å². The highest BCUT2D eigenvalue weighted by atomic mass is 32.2. The summed E-state index contributed by atoms with van der Waals surface area (Å²) in [7, 11) is 0. The minimum atomic E-state index is -4.45. The van der Waals surface area contributed by atoms with Crippen LogP contribution in [0.5, 0.6) is 0 Å². The third-order valence-electron chi connectivity index (χ3n) is 15.4. The number of nitrogens with one attached hydrogen (secondary N) is 3. The monoisotopic (exact) mass is 1600 g/mol. The Morgan fingerprint density at radius 3 is 1.26 bits per heavy atom. The molecule has 0 amide bonds. The quantitative estimate of drug-likeness (QED) is 0.0168. The molecule has 30 nitrogen and oxygen atoms in total. The molecule has 6 fully saturated rings. The molecular formula is C72H93F3N18O12S3. The van der Waals surface area contributed by atoms with Crippen LogP contribution in [0.2, 0.25) is 0 Å². The first-order valence-corrected chi connectivity index (χ1v) is 34.3. The molecule has 108 heavy (non-hydrogen) atoms. The highest BCUT2D eigenvalue weighted by Crippen LogP contribution is 2.48. The summed E-state index contributed by atoms with van der Waals surface area (Å²) >= 11 is 1.05. The van der Waals surface area contributed by atoms with Gasteiger partial charge in [-0.2, -0.15) is 0 Å². The Labute approximate surface area is 697 Å². The van der Waals surface area contributed by atoms with Crippen molar-refractivity contribution in [2.45, 2.75) is 223 Å². The topological polar surface area (TPSA) is 415 Å². The maximum absolute atomic E-state index is 14.8. The maximum Gasteiger partial charge on any atom is 0.191 e. The molecule has 0 saturated heterocycles. The first-order valence-electron chi connectivity index (χ1n) is 54.6. The Morgan fingerprint density at radius 2 is 0.880 bits per heavy atom. The van der Waals surface area contributed by atoms with Crippen molar-refractivity contribution in [3.8, 4) is 0 Å². The molecule has 0 unspecified atom stereocenters. The van der Waals surface area contributed by atoms with Crippen LogP contribution in [0, 0.1) is 38.2 Å². The fourth-order valence-electron chi connectivity index (χ4n) is 9.91.